The van der Waals surface area contributed by atoms with Gasteiger partial charge in [0.1, 0.15) is 6.04 Å². The topological polar surface area (TPSA) is 75.3 Å². The average molecular weight is 230 g/mol. The molecule has 0 bridgehead atoms. The number of benzene rings is 2. The molecule has 0 amide bonds. The highest BCUT2D eigenvalue weighted by Crippen LogP contribution is 2.18. The molecule has 4 N–H and O–H groups in total. The first kappa shape index (κ1) is 11.4. The van der Waals surface area contributed by atoms with Crippen molar-refractivity contribution >= 4 is 22.4 Å². The third kappa shape index (κ3) is 2.73. The van der Waals surface area contributed by atoms with E-state index in [1.165, 1.54) is 0 Å². The van der Waals surface area contributed by atoms with Crippen LogP contribution in [0.15, 0.2) is 42.5 Å². The van der Waals surface area contributed by atoms with E-state index in [2.05, 4.69) is 5.32 Å². The number of fused-ring (bicyclic) bond motifs is 1. The van der Waals surface area contributed by atoms with Crippen LogP contribution in [-0.4, -0.2) is 23.7 Å². The molecule has 1 atom stereocenters. The molecule has 0 aliphatic rings. The lowest BCUT2D eigenvalue weighted by atomic mass is 10.1. The SMILES string of the molecule is NC(CNc1ccc2ccccc2c1)C(=O)O. The molecule has 1 unspecified atom stereocenters. The first-order valence-electron chi connectivity index (χ1n) is 5.38. The van der Waals surface area contributed by atoms with E-state index in [0.29, 0.717) is 0 Å². The molecule has 2 aromatic carbocycles. The molecular weight excluding hydrogens is 216 g/mol. The second-order valence-electron chi connectivity index (χ2n) is 3.89. The molecule has 0 saturated heterocycles. The molecule has 0 aromatic heterocycles. The van der Waals surface area contributed by atoms with Gasteiger partial charge in [0, 0.05) is 12.2 Å². The summed E-state index contributed by atoms with van der Waals surface area (Å²) in [4.78, 5) is 10.6. The Balaban J connectivity index is 2.12. The van der Waals surface area contributed by atoms with Crippen LogP contribution in [0.5, 0.6) is 0 Å². The molecular formula is C13H14N2O2. The van der Waals surface area contributed by atoms with Crippen LogP contribution in [0.25, 0.3) is 10.8 Å². The second-order valence-corrected chi connectivity index (χ2v) is 3.89. The summed E-state index contributed by atoms with van der Waals surface area (Å²) in [5.74, 6) is -1.00. The van der Waals surface area contributed by atoms with E-state index < -0.39 is 12.0 Å². The van der Waals surface area contributed by atoms with Crippen molar-refractivity contribution in [1.82, 2.24) is 0 Å². The number of aliphatic carboxylic acids is 1. The van der Waals surface area contributed by atoms with E-state index in [0.717, 1.165) is 16.5 Å². The van der Waals surface area contributed by atoms with Gasteiger partial charge in [0.2, 0.25) is 0 Å². The predicted molar refractivity (Wildman–Crippen MR) is 68.0 cm³/mol. The number of hydrogen-bond acceptors (Lipinski definition) is 3. The van der Waals surface area contributed by atoms with Crippen LogP contribution in [0.1, 0.15) is 0 Å². The lowest BCUT2D eigenvalue weighted by Crippen LogP contribution is -2.36. The maximum atomic E-state index is 10.6. The van der Waals surface area contributed by atoms with Crippen LogP contribution >= 0.6 is 0 Å². The van der Waals surface area contributed by atoms with Gasteiger partial charge in [0.25, 0.3) is 0 Å². The first-order chi connectivity index (χ1) is 8.16. The van der Waals surface area contributed by atoms with Crippen LogP contribution in [-0.2, 0) is 4.79 Å². The number of carboxylic acid groups (broad SMARTS) is 1. The maximum absolute atomic E-state index is 10.6. The zero-order valence-corrected chi connectivity index (χ0v) is 9.26. The Bertz CT molecular complexity index is 540. The number of anilines is 1. The minimum absolute atomic E-state index is 0.216. The van der Waals surface area contributed by atoms with Crippen LogP contribution in [0.2, 0.25) is 0 Å². The van der Waals surface area contributed by atoms with Crippen LogP contribution in [0.3, 0.4) is 0 Å². The summed E-state index contributed by atoms with van der Waals surface area (Å²) in [6.45, 7) is 0.216. The predicted octanol–water partition coefficient (Wildman–Crippen LogP) is 1.66. The number of nitrogens with one attached hydrogen (secondary N) is 1. The smallest absolute Gasteiger partial charge is 0.322 e. The Morgan fingerprint density at radius 2 is 1.94 bits per heavy atom. The maximum Gasteiger partial charge on any atom is 0.322 e. The number of carboxylic acids is 1. The van der Waals surface area contributed by atoms with Gasteiger partial charge in [-0.15, -0.1) is 0 Å². The Hall–Kier alpha value is -2.07. The van der Waals surface area contributed by atoms with Gasteiger partial charge in [-0.05, 0) is 22.9 Å². The molecule has 2 rings (SSSR count). The van der Waals surface area contributed by atoms with Crippen molar-refractivity contribution in [3.8, 4) is 0 Å². The van der Waals surface area contributed by atoms with Gasteiger partial charge in [0.05, 0.1) is 0 Å². The fourth-order valence-corrected chi connectivity index (χ4v) is 1.61. The Kier molecular flexibility index (Phi) is 3.25. The van der Waals surface area contributed by atoms with E-state index in [9.17, 15) is 4.79 Å². The molecule has 0 radical (unpaired) electrons. The van der Waals surface area contributed by atoms with Gasteiger partial charge < -0.3 is 16.2 Å². The lowest BCUT2D eigenvalue weighted by Gasteiger charge is -2.10. The Morgan fingerprint density at radius 1 is 1.24 bits per heavy atom. The summed E-state index contributed by atoms with van der Waals surface area (Å²) in [7, 11) is 0. The summed E-state index contributed by atoms with van der Waals surface area (Å²) in [5.41, 5.74) is 6.29. The Morgan fingerprint density at radius 3 is 2.65 bits per heavy atom. The quantitative estimate of drug-likeness (QED) is 0.746. The van der Waals surface area contributed by atoms with Gasteiger partial charge in [-0.2, -0.15) is 0 Å². The largest absolute Gasteiger partial charge is 0.480 e. The summed E-state index contributed by atoms with van der Waals surface area (Å²) in [5, 5.41) is 13.9. The molecule has 0 spiro atoms. The third-order valence-electron chi connectivity index (χ3n) is 2.59. The monoisotopic (exact) mass is 230 g/mol. The fourth-order valence-electron chi connectivity index (χ4n) is 1.61. The minimum Gasteiger partial charge on any atom is -0.480 e. The molecule has 4 heteroatoms. The van der Waals surface area contributed by atoms with Gasteiger partial charge in [-0.1, -0.05) is 30.3 Å². The first-order valence-corrected chi connectivity index (χ1v) is 5.38. The third-order valence-corrected chi connectivity index (χ3v) is 2.59. The summed E-state index contributed by atoms with van der Waals surface area (Å²) in [6.07, 6.45) is 0. The normalized spacial score (nSPS) is 12.3. The van der Waals surface area contributed by atoms with E-state index in [-0.39, 0.29) is 6.54 Å². The van der Waals surface area contributed by atoms with E-state index in [4.69, 9.17) is 10.8 Å². The van der Waals surface area contributed by atoms with Crippen LogP contribution in [0.4, 0.5) is 5.69 Å². The lowest BCUT2D eigenvalue weighted by molar-refractivity contribution is -0.138. The van der Waals surface area contributed by atoms with Gasteiger partial charge in [-0.3, -0.25) is 4.79 Å². The standard InChI is InChI=1S/C13H14N2O2/c14-12(13(16)17)8-15-11-6-5-9-3-1-2-4-10(9)7-11/h1-7,12,15H,8,14H2,(H,16,17). The molecule has 0 saturated carbocycles. The second kappa shape index (κ2) is 4.84. The molecule has 4 nitrogen and oxygen atoms in total. The number of hydrogen-bond donors (Lipinski definition) is 3. The van der Waals surface area contributed by atoms with Crippen molar-refractivity contribution in [2.45, 2.75) is 6.04 Å². The highest BCUT2D eigenvalue weighted by atomic mass is 16.4. The summed E-state index contributed by atoms with van der Waals surface area (Å²) in [6, 6.07) is 13.0. The van der Waals surface area contributed by atoms with Gasteiger partial charge in [0.15, 0.2) is 0 Å². The molecule has 88 valence electrons. The van der Waals surface area contributed by atoms with E-state index in [1.807, 2.05) is 42.5 Å². The average Bonchev–Trinajstić information content (AvgIpc) is 2.35. The van der Waals surface area contributed by atoms with Gasteiger partial charge >= 0.3 is 5.97 Å². The highest BCUT2D eigenvalue weighted by molar-refractivity contribution is 5.85. The molecule has 0 heterocycles. The van der Waals surface area contributed by atoms with Crippen LogP contribution in [0, 0.1) is 0 Å². The minimum atomic E-state index is -1.00. The van der Waals surface area contributed by atoms with Crippen molar-refractivity contribution in [3.63, 3.8) is 0 Å². The van der Waals surface area contributed by atoms with Crippen molar-refractivity contribution in [1.29, 1.82) is 0 Å². The van der Waals surface area contributed by atoms with Gasteiger partial charge in [-0.25, -0.2) is 0 Å². The number of rotatable bonds is 4. The zero-order chi connectivity index (χ0) is 12.3. The molecule has 0 fully saturated rings. The van der Waals surface area contributed by atoms with Crippen molar-refractivity contribution in [2.24, 2.45) is 5.73 Å². The number of carbonyl (C=O) groups is 1. The summed E-state index contributed by atoms with van der Waals surface area (Å²) >= 11 is 0. The van der Waals surface area contributed by atoms with E-state index >= 15 is 0 Å². The van der Waals surface area contributed by atoms with E-state index in [1.54, 1.807) is 0 Å². The Labute approximate surface area is 99.1 Å². The molecule has 0 aliphatic carbocycles. The van der Waals surface area contributed by atoms with Crippen molar-refractivity contribution in [3.05, 3.63) is 42.5 Å². The fraction of sp³-hybridized carbons (Fsp3) is 0.154. The summed E-state index contributed by atoms with van der Waals surface area (Å²) < 4.78 is 0. The molecule has 17 heavy (non-hydrogen) atoms. The van der Waals surface area contributed by atoms with Crippen molar-refractivity contribution < 1.29 is 9.90 Å². The molecule has 0 aliphatic heterocycles. The van der Waals surface area contributed by atoms with Crippen LogP contribution < -0.4 is 11.1 Å². The zero-order valence-electron chi connectivity index (χ0n) is 9.26. The highest BCUT2D eigenvalue weighted by Gasteiger charge is 2.10. The molecule has 2 aromatic rings. The number of nitrogens with two attached hydrogens (primary N) is 1. The van der Waals surface area contributed by atoms with Crippen molar-refractivity contribution in [2.75, 3.05) is 11.9 Å².